The van der Waals surface area contributed by atoms with Crippen LogP contribution in [0.3, 0.4) is 0 Å². The van der Waals surface area contributed by atoms with Crippen LogP contribution in [0, 0.1) is 5.82 Å². The van der Waals surface area contributed by atoms with E-state index in [2.05, 4.69) is 4.98 Å². The maximum Gasteiger partial charge on any atom is 0.352 e. The van der Waals surface area contributed by atoms with Crippen LogP contribution in [-0.2, 0) is 0 Å². The Balaban J connectivity index is 2.72. The zero-order chi connectivity index (χ0) is 11.9. The molecule has 16 heavy (non-hydrogen) atoms. The molecule has 0 spiro atoms. The van der Waals surface area contributed by atoms with Crippen molar-refractivity contribution in [2.75, 3.05) is 0 Å². The molecule has 2 N–H and O–H groups in total. The Morgan fingerprint density at radius 3 is 2.56 bits per heavy atom. The molecule has 0 radical (unpaired) electrons. The summed E-state index contributed by atoms with van der Waals surface area (Å²) in [5.41, 5.74) is 0.418. The number of hydrogen-bond donors (Lipinski definition) is 2. The standard InChI is InChI=1S/C11H8FNO3/c1-5(14)6-2-8(12)7-4-10(11(15)16)13-9(7)3-6/h2-4,13H,1H3,(H,15,16). The molecule has 0 fully saturated rings. The maximum absolute atomic E-state index is 13.5. The summed E-state index contributed by atoms with van der Waals surface area (Å²) < 4.78 is 13.5. The Morgan fingerprint density at radius 2 is 2.00 bits per heavy atom. The van der Waals surface area contributed by atoms with Gasteiger partial charge in [-0.05, 0) is 25.1 Å². The van der Waals surface area contributed by atoms with Crippen molar-refractivity contribution in [3.8, 4) is 0 Å². The first kappa shape index (κ1) is 10.4. The molecular weight excluding hydrogens is 213 g/mol. The number of carboxylic acids is 1. The van der Waals surface area contributed by atoms with Crippen molar-refractivity contribution in [1.82, 2.24) is 4.98 Å². The zero-order valence-electron chi connectivity index (χ0n) is 8.37. The molecule has 5 heteroatoms. The number of aromatic carboxylic acids is 1. The van der Waals surface area contributed by atoms with Gasteiger partial charge in [-0.1, -0.05) is 0 Å². The third kappa shape index (κ3) is 1.56. The van der Waals surface area contributed by atoms with Gasteiger partial charge in [0.1, 0.15) is 11.5 Å². The van der Waals surface area contributed by atoms with E-state index >= 15 is 0 Å². The minimum atomic E-state index is -1.17. The second-order valence-corrected chi connectivity index (χ2v) is 3.46. The maximum atomic E-state index is 13.5. The number of carboxylic acid groups (broad SMARTS) is 1. The minimum Gasteiger partial charge on any atom is -0.477 e. The Morgan fingerprint density at radius 1 is 1.31 bits per heavy atom. The molecule has 0 saturated carbocycles. The fraction of sp³-hybridized carbons (Fsp3) is 0.0909. The number of ketones is 1. The Labute approximate surface area is 89.7 Å². The van der Waals surface area contributed by atoms with Gasteiger partial charge in [-0.2, -0.15) is 0 Å². The van der Waals surface area contributed by atoms with Crippen LogP contribution in [0.25, 0.3) is 10.9 Å². The van der Waals surface area contributed by atoms with E-state index in [1.54, 1.807) is 0 Å². The van der Waals surface area contributed by atoms with Crippen molar-refractivity contribution in [2.45, 2.75) is 6.92 Å². The normalized spacial score (nSPS) is 10.6. The molecule has 0 bridgehead atoms. The van der Waals surface area contributed by atoms with E-state index in [-0.39, 0.29) is 22.4 Å². The summed E-state index contributed by atoms with van der Waals surface area (Å²) in [7, 11) is 0. The predicted molar refractivity (Wildman–Crippen MR) is 55.2 cm³/mol. The second-order valence-electron chi connectivity index (χ2n) is 3.46. The first-order valence-electron chi connectivity index (χ1n) is 4.55. The summed E-state index contributed by atoms with van der Waals surface area (Å²) in [5, 5.41) is 8.90. The Hall–Kier alpha value is -2.17. The van der Waals surface area contributed by atoms with Crippen molar-refractivity contribution in [1.29, 1.82) is 0 Å². The van der Waals surface area contributed by atoms with Crippen molar-refractivity contribution in [2.24, 2.45) is 0 Å². The summed E-state index contributed by atoms with van der Waals surface area (Å²) in [6, 6.07) is 3.74. The van der Waals surface area contributed by atoms with Gasteiger partial charge in [-0.3, -0.25) is 4.79 Å². The molecule has 0 aliphatic carbocycles. The third-order valence-electron chi connectivity index (χ3n) is 2.32. The van der Waals surface area contributed by atoms with Gasteiger partial charge < -0.3 is 10.1 Å². The summed E-state index contributed by atoms with van der Waals surface area (Å²) in [6.45, 7) is 1.32. The first-order chi connectivity index (χ1) is 7.49. The molecule has 0 amide bonds. The van der Waals surface area contributed by atoms with Gasteiger partial charge in [0, 0.05) is 16.5 Å². The summed E-state index contributed by atoms with van der Waals surface area (Å²) in [4.78, 5) is 24.3. The summed E-state index contributed by atoms with van der Waals surface area (Å²) in [5.74, 6) is -2.04. The zero-order valence-corrected chi connectivity index (χ0v) is 8.37. The van der Waals surface area contributed by atoms with E-state index < -0.39 is 11.8 Å². The molecule has 82 valence electrons. The number of Topliss-reactive ketones (excluding diaryl/α,β-unsaturated/α-hetero) is 1. The topological polar surface area (TPSA) is 70.2 Å². The van der Waals surface area contributed by atoms with Gasteiger partial charge in [0.2, 0.25) is 0 Å². The van der Waals surface area contributed by atoms with Crippen molar-refractivity contribution < 1.29 is 19.1 Å². The number of hydrogen-bond acceptors (Lipinski definition) is 2. The van der Waals surface area contributed by atoms with E-state index in [0.29, 0.717) is 5.52 Å². The SMILES string of the molecule is CC(=O)c1cc(F)c2cc(C(=O)O)[nH]c2c1. The van der Waals surface area contributed by atoms with Crippen molar-refractivity contribution >= 4 is 22.7 Å². The highest BCUT2D eigenvalue weighted by Crippen LogP contribution is 2.21. The van der Waals surface area contributed by atoms with E-state index in [9.17, 15) is 14.0 Å². The van der Waals surface area contributed by atoms with Crippen LogP contribution >= 0.6 is 0 Å². The largest absolute Gasteiger partial charge is 0.477 e. The van der Waals surface area contributed by atoms with E-state index in [1.807, 2.05) is 0 Å². The predicted octanol–water partition coefficient (Wildman–Crippen LogP) is 2.21. The third-order valence-corrected chi connectivity index (χ3v) is 2.32. The van der Waals surface area contributed by atoms with Gasteiger partial charge in [-0.15, -0.1) is 0 Å². The highest BCUT2D eigenvalue weighted by molar-refractivity contribution is 6.00. The summed E-state index contributed by atoms with van der Waals surface area (Å²) in [6.07, 6.45) is 0. The molecule has 1 aromatic heterocycles. The van der Waals surface area contributed by atoms with Crippen LogP contribution in [-0.4, -0.2) is 21.8 Å². The number of H-pyrrole nitrogens is 1. The van der Waals surface area contributed by atoms with Crippen LogP contribution in [0.2, 0.25) is 0 Å². The average molecular weight is 221 g/mol. The Kier molecular flexibility index (Phi) is 2.23. The van der Waals surface area contributed by atoms with E-state index in [0.717, 1.165) is 6.07 Å². The highest BCUT2D eigenvalue weighted by atomic mass is 19.1. The van der Waals surface area contributed by atoms with Gasteiger partial charge in [-0.25, -0.2) is 9.18 Å². The quantitative estimate of drug-likeness (QED) is 0.764. The van der Waals surface area contributed by atoms with Crippen molar-refractivity contribution in [3.05, 3.63) is 35.3 Å². The van der Waals surface area contributed by atoms with Gasteiger partial charge in [0.05, 0.1) is 0 Å². The number of halogens is 1. The van der Waals surface area contributed by atoms with Gasteiger partial charge in [0.15, 0.2) is 5.78 Å². The lowest BCUT2D eigenvalue weighted by molar-refractivity contribution is 0.0691. The minimum absolute atomic E-state index is 0.102. The van der Waals surface area contributed by atoms with Crippen molar-refractivity contribution in [3.63, 3.8) is 0 Å². The second kappa shape index (κ2) is 3.44. The van der Waals surface area contributed by atoms with E-state index in [1.165, 1.54) is 19.1 Å². The molecule has 1 heterocycles. The average Bonchev–Trinajstić information content (AvgIpc) is 2.61. The van der Waals surface area contributed by atoms with Gasteiger partial charge >= 0.3 is 5.97 Å². The molecule has 0 aliphatic heterocycles. The van der Waals surface area contributed by atoms with Crippen LogP contribution in [0.1, 0.15) is 27.8 Å². The number of benzene rings is 1. The monoisotopic (exact) mass is 221 g/mol. The number of carbonyl (C=O) groups is 2. The number of rotatable bonds is 2. The molecule has 0 saturated heterocycles. The number of fused-ring (bicyclic) bond motifs is 1. The number of carbonyl (C=O) groups excluding carboxylic acids is 1. The lowest BCUT2D eigenvalue weighted by atomic mass is 10.1. The molecule has 0 unspecified atom stereocenters. The van der Waals surface area contributed by atoms with Gasteiger partial charge in [0.25, 0.3) is 0 Å². The molecule has 4 nitrogen and oxygen atoms in total. The molecule has 2 rings (SSSR count). The van der Waals surface area contributed by atoms with Crippen LogP contribution in [0.5, 0.6) is 0 Å². The van der Waals surface area contributed by atoms with Crippen LogP contribution < -0.4 is 0 Å². The molecule has 1 aromatic carbocycles. The summed E-state index contributed by atoms with van der Waals surface area (Å²) >= 11 is 0. The number of aromatic nitrogens is 1. The fourth-order valence-electron chi connectivity index (χ4n) is 1.51. The molecular formula is C11H8FNO3. The number of aromatic amines is 1. The molecule has 0 aliphatic rings. The van der Waals surface area contributed by atoms with E-state index in [4.69, 9.17) is 5.11 Å². The lowest BCUT2D eigenvalue weighted by Crippen LogP contribution is -1.95. The smallest absolute Gasteiger partial charge is 0.352 e. The number of nitrogens with one attached hydrogen (secondary N) is 1. The fourth-order valence-corrected chi connectivity index (χ4v) is 1.51. The van der Waals surface area contributed by atoms with Crippen LogP contribution in [0.15, 0.2) is 18.2 Å². The first-order valence-corrected chi connectivity index (χ1v) is 4.55. The molecule has 0 atom stereocenters. The Bertz CT molecular complexity index is 601. The van der Waals surface area contributed by atoms with Crippen LogP contribution in [0.4, 0.5) is 4.39 Å². The highest BCUT2D eigenvalue weighted by Gasteiger charge is 2.12. The molecule has 2 aromatic rings. The lowest BCUT2D eigenvalue weighted by Gasteiger charge is -1.97.